The van der Waals surface area contributed by atoms with E-state index in [9.17, 15) is 14.7 Å². The minimum atomic E-state index is -0.471. The Morgan fingerprint density at radius 1 is 1.02 bits per heavy atom. The first-order chi connectivity index (χ1) is 20.5. The van der Waals surface area contributed by atoms with Crippen LogP contribution in [0, 0.1) is 17.2 Å². The number of methoxy groups -OCH3 is 1. The molecule has 3 aromatic carbocycles. The molecular weight excluding hydrogens is 532 g/mol. The van der Waals surface area contributed by atoms with Crippen LogP contribution < -0.4 is 0 Å². The van der Waals surface area contributed by atoms with Crippen LogP contribution in [0.1, 0.15) is 44.7 Å². The molecule has 0 atom stereocenters. The van der Waals surface area contributed by atoms with Crippen molar-refractivity contribution < 1.29 is 24.2 Å². The minimum Gasteiger partial charge on any atom is -0.494 e. The molecule has 214 valence electrons. The molecule has 1 aromatic heterocycles. The number of likely N-dealkylation sites (tertiary alicyclic amines) is 1. The van der Waals surface area contributed by atoms with Gasteiger partial charge in [-0.2, -0.15) is 5.26 Å². The molecule has 0 unspecified atom stereocenters. The first-order valence-corrected chi connectivity index (χ1v) is 13.9. The van der Waals surface area contributed by atoms with Crippen LogP contribution in [-0.2, 0) is 9.47 Å². The Balaban J connectivity index is 1.31. The molecule has 0 bridgehead atoms. The number of rotatable bonds is 10. The van der Waals surface area contributed by atoms with Gasteiger partial charge in [0.15, 0.2) is 11.7 Å². The molecule has 0 aliphatic carbocycles. The lowest BCUT2D eigenvalue weighted by Gasteiger charge is -2.28. The highest BCUT2D eigenvalue weighted by Crippen LogP contribution is 2.32. The molecule has 2 heterocycles. The highest BCUT2D eigenvalue weighted by atomic mass is 16.5. The molecule has 4 aromatic rings. The standard InChI is InChI=1S/C33H32N4O5/c1-41-33(40)25-9-12-27-28(19-25)36-32(39)30(27)31(24-5-3-2-4-6-24)35-26-10-7-23(8-11-26)29(38)21-42-18-17-37-15-13-22(20-34)14-16-37/h2-12,19,22,36,39H,13-18,21H2,1H3. The monoisotopic (exact) mass is 564 g/mol. The zero-order valence-corrected chi connectivity index (χ0v) is 23.4. The Hall–Kier alpha value is -4.78. The van der Waals surface area contributed by atoms with E-state index in [1.165, 1.54) is 7.11 Å². The van der Waals surface area contributed by atoms with E-state index in [-0.39, 0.29) is 24.2 Å². The molecule has 5 rings (SSSR count). The maximum absolute atomic E-state index is 12.7. The number of H-pyrrole nitrogens is 1. The summed E-state index contributed by atoms with van der Waals surface area (Å²) in [6.45, 7) is 2.96. The van der Waals surface area contributed by atoms with Crippen molar-refractivity contribution in [2.24, 2.45) is 10.9 Å². The first-order valence-electron chi connectivity index (χ1n) is 13.9. The van der Waals surface area contributed by atoms with Crippen LogP contribution >= 0.6 is 0 Å². The number of aliphatic imine (C=N–C) groups is 1. The summed E-state index contributed by atoms with van der Waals surface area (Å²) in [6.07, 6.45) is 1.76. The predicted octanol–water partition coefficient (Wildman–Crippen LogP) is 5.26. The number of nitrogens with zero attached hydrogens (tertiary/aromatic N) is 3. The van der Waals surface area contributed by atoms with Gasteiger partial charge >= 0.3 is 5.97 Å². The van der Waals surface area contributed by atoms with Crippen LogP contribution in [0.15, 0.2) is 77.8 Å². The van der Waals surface area contributed by atoms with Gasteiger partial charge in [-0.3, -0.25) is 4.79 Å². The highest BCUT2D eigenvalue weighted by molar-refractivity contribution is 6.22. The van der Waals surface area contributed by atoms with Gasteiger partial charge in [0.2, 0.25) is 0 Å². The fraction of sp³-hybridized carbons (Fsp3) is 0.273. The number of carbonyl (C=O) groups excluding carboxylic acids is 2. The Kier molecular flexibility index (Phi) is 9.07. The molecule has 0 saturated carbocycles. The Labute approximate surface area is 244 Å². The number of carbonyl (C=O) groups is 2. The number of fused-ring (bicyclic) bond motifs is 1. The second-order valence-electron chi connectivity index (χ2n) is 10.2. The first kappa shape index (κ1) is 28.7. The number of nitrogens with one attached hydrogen (secondary N) is 1. The van der Waals surface area contributed by atoms with E-state index in [1.54, 1.807) is 42.5 Å². The number of ether oxygens (including phenoxy) is 2. The SMILES string of the molecule is COC(=O)c1ccc2c(C(=Nc3ccc(C(=O)COCCN4CCC(C#N)CC4)cc3)c3ccccc3)c(O)[nH]c2c1. The van der Waals surface area contributed by atoms with Crippen LogP contribution in [0.25, 0.3) is 10.9 Å². The third kappa shape index (κ3) is 6.57. The van der Waals surface area contributed by atoms with Gasteiger partial charge in [-0.25, -0.2) is 9.79 Å². The lowest BCUT2D eigenvalue weighted by Crippen LogP contribution is -2.35. The number of hydrogen-bond donors (Lipinski definition) is 2. The molecule has 1 aliphatic heterocycles. The van der Waals surface area contributed by atoms with Gasteiger partial charge in [-0.15, -0.1) is 0 Å². The Morgan fingerprint density at radius 2 is 1.74 bits per heavy atom. The Morgan fingerprint density at radius 3 is 2.43 bits per heavy atom. The van der Waals surface area contributed by atoms with E-state index in [0.29, 0.717) is 45.6 Å². The summed E-state index contributed by atoms with van der Waals surface area (Å²) < 4.78 is 10.5. The van der Waals surface area contributed by atoms with Crippen LogP contribution in [0.4, 0.5) is 5.69 Å². The molecule has 42 heavy (non-hydrogen) atoms. The van der Waals surface area contributed by atoms with Gasteiger partial charge in [0.05, 0.1) is 42.3 Å². The summed E-state index contributed by atoms with van der Waals surface area (Å²) in [5.74, 6) is -0.518. The number of aromatic amines is 1. The van der Waals surface area contributed by atoms with Gasteiger partial charge in [-0.05, 0) is 62.3 Å². The molecule has 1 saturated heterocycles. The molecule has 0 amide bonds. The fourth-order valence-corrected chi connectivity index (χ4v) is 5.11. The Bertz CT molecular complexity index is 1630. The number of benzene rings is 3. The number of esters is 1. The van der Waals surface area contributed by atoms with E-state index in [2.05, 4.69) is 16.0 Å². The van der Waals surface area contributed by atoms with Gasteiger partial charge < -0.3 is 24.5 Å². The minimum absolute atomic E-state index is 0.0106. The second-order valence-corrected chi connectivity index (χ2v) is 10.2. The smallest absolute Gasteiger partial charge is 0.337 e. The normalized spacial score (nSPS) is 14.5. The van der Waals surface area contributed by atoms with Gasteiger partial charge in [0.1, 0.15) is 6.61 Å². The van der Waals surface area contributed by atoms with Crippen molar-refractivity contribution >= 4 is 34.1 Å². The topological polar surface area (TPSA) is 128 Å². The van der Waals surface area contributed by atoms with Crippen molar-refractivity contribution in [3.8, 4) is 11.9 Å². The number of Topliss-reactive ketones (excluding diaryl/α,β-unsaturated/α-hetero) is 1. The quantitative estimate of drug-likeness (QED) is 0.116. The predicted molar refractivity (Wildman–Crippen MR) is 159 cm³/mol. The lowest BCUT2D eigenvalue weighted by molar-refractivity contribution is 0.0600. The largest absolute Gasteiger partial charge is 0.494 e. The number of aromatic hydroxyl groups is 1. The van der Waals surface area contributed by atoms with E-state index in [0.717, 1.165) is 38.0 Å². The molecule has 2 N–H and O–H groups in total. The van der Waals surface area contributed by atoms with E-state index >= 15 is 0 Å². The number of piperidine rings is 1. The molecule has 9 heteroatoms. The fourth-order valence-electron chi connectivity index (χ4n) is 5.11. The van der Waals surface area contributed by atoms with Crippen molar-refractivity contribution in [1.29, 1.82) is 5.26 Å². The zero-order valence-electron chi connectivity index (χ0n) is 23.4. The van der Waals surface area contributed by atoms with E-state index < -0.39 is 5.97 Å². The van der Waals surface area contributed by atoms with E-state index in [1.807, 2.05) is 30.3 Å². The third-order valence-corrected chi connectivity index (χ3v) is 7.47. The summed E-state index contributed by atoms with van der Waals surface area (Å²) >= 11 is 0. The van der Waals surface area contributed by atoms with Crippen LogP contribution in [0.3, 0.4) is 0 Å². The summed E-state index contributed by atoms with van der Waals surface area (Å²) in [5, 5.41) is 20.7. The molecule has 9 nitrogen and oxygen atoms in total. The average Bonchev–Trinajstić information content (AvgIpc) is 3.36. The van der Waals surface area contributed by atoms with Crippen LogP contribution in [-0.4, -0.2) is 72.4 Å². The summed E-state index contributed by atoms with van der Waals surface area (Å²) in [7, 11) is 1.32. The number of ketones is 1. The number of aromatic nitrogens is 1. The zero-order chi connectivity index (χ0) is 29.5. The van der Waals surface area contributed by atoms with Crippen molar-refractivity contribution in [1.82, 2.24) is 9.88 Å². The second kappa shape index (κ2) is 13.3. The molecular formula is C33H32N4O5. The summed E-state index contributed by atoms with van der Waals surface area (Å²) in [4.78, 5) is 34.8. The molecule has 0 spiro atoms. The van der Waals surface area contributed by atoms with Gasteiger partial charge in [-0.1, -0.05) is 36.4 Å². The summed E-state index contributed by atoms with van der Waals surface area (Å²) in [5.41, 5.74) is 3.88. The maximum atomic E-state index is 12.7. The molecule has 1 aliphatic rings. The van der Waals surface area contributed by atoms with Gasteiger partial charge in [0, 0.05) is 34.5 Å². The number of nitriles is 1. The number of hydrogen-bond acceptors (Lipinski definition) is 8. The third-order valence-electron chi connectivity index (χ3n) is 7.47. The molecule has 0 radical (unpaired) electrons. The average molecular weight is 565 g/mol. The van der Waals surface area contributed by atoms with Crippen LogP contribution in [0.5, 0.6) is 5.88 Å². The van der Waals surface area contributed by atoms with Gasteiger partial charge in [0.25, 0.3) is 0 Å². The molecule has 1 fully saturated rings. The van der Waals surface area contributed by atoms with Crippen molar-refractivity contribution in [3.63, 3.8) is 0 Å². The van der Waals surface area contributed by atoms with Crippen molar-refractivity contribution in [2.45, 2.75) is 12.8 Å². The van der Waals surface area contributed by atoms with Crippen molar-refractivity contribution in [3.05, 3.63) is 95.1 Å². The lowest BCUT2D eigenvalue weighted by atomic mass is 9.99. The maximum Gasteiger partial charge on any atom is 0.337 e. The summed E-state index contributed by atoms with van der Waals surface area (Å²) in [6, 6.07) is 23.8. The van der Waals surface area contributed by atoms with Crippen molar-refractivity contribution in [2.75, 3.05) is 40.0 Å². The highest BCUT2D eigenvalue weighted by Gasteiger charge is 2.21. The van der Waals surface area contributed by atoms with Crippen LogP contribution in [0.2, 0.25) is 0 Å². The van der Waals surface area contributed by atoms with E-state index in [4.69, 9.17) is 19.7 Å².